The summed E-state index contributed by atoms with van der Waals surface area (Å²) in [6, 6.07) is -0.394. The van der Waals surface area contributed by atoms with Crippen molar-refractivity contribution in [2.75, 3.05) is 7.05 Å². The lowest BCUT2D eigenvalue weighted by atomic mass is 10.3. The van der Waals surface area contributed by atoms with E-state index in [-0.39, 0.29) is 0 Å². The third-order valence-corrected chi connectivity index (χ3v) is 0.853. The average molecular weight is 114 g/mol. The Labute approximate surface area is 48.6 Å². The molecule has 8 heavy (non-hydrogen) atoms. The Morgan fingerprint density at radius 3 is 2.50 bits per heavy atom. The van der Waals surface area contributed by atoms with Gasteiger partial charge in [-0.3, -0.25) is 4.79 Å². The van der Waals surface area contributed by atoms with Gasteiger partial charge in [-0.1, -0.05) is 6.08 Å². The van der Waals surface area contributed by atoms with Gasteiger partial charge in [-0.2, -0.15) is 0 Å². The first kappa shape index (κ1) is 7.17. The molecule has 3 nitrogen and oxygen atoms in total. The van der Waals surface area contributed by atoms with Gasteiger partial charge >= 0.3 is 0 Å². The molecule has 0 spiro atoms. The fourth-order valence-electron chi connectivity index (χ4n) is 0.376. The van der Waals surface area contributed by atoms with E-state index in [0.717, 1.165) is 0 Å². The molecule has 46 valence electrons. The summed E-state index contributed by atoms with van der Waals surface area (Å²) in [6.07, 6.45) is 1.46. The first-order valence-electron chi connectivity index (χ1n) is 2.31. The maximum absolute atomic E-state index is 10.3. The number of nitrogens with two attached hydrogens (primary N) is 1. The molecule has 0 aromatic carbocycles. The highest BCUT2D eigenvalue weighted by Crippen LogP contribution is 1.77. The number of hydrogen-bond acceptors (Lipinski definition) is 2. The van der Waals surface area contributed by atoms with Crippen LogP contribution in [0.15, 0.2) is 12.7 Å². The molecule has 0 saturated carbocycles. The van der Waals surface area contributed by atoms with Crippen LogP contribution in [0.1, 0.15) is 0 Å². The Morgan fingerprint density at radius 1 is 2.00 bits per heavy atom. The van der Waals surface area contributed by atoms with Crippen LogP contribution in [-0.2, 0) is 4.79 Å². The number of nitrogens with one attached hydrogen (secondary N) is 1. The molecule has 0 bridgehead atoms. The van der Waals surface area contributed by atoms with Crippen LogP contribution in [-0.4, -0.2) is 19.0 Å². The maximum Gasteiger partial charge on any atom is 0.238 e. The van der Waals surface area contributed by atoms with Gasteiger partial charge in [0.05, 0.1) is 0 Å². The number of carbonyl (C=O) groups is 1. The first-order valence-corrected chi connectivity index (χ1v) is 2.31. The molecule has 0 unspecified atom stereocenters. The van der Waals surface area contributed by atoms with Crippen LogP contribution < -0.4 is 11.1 Å². The highest BCUT2D eigenvalue weighted by molar-refractivity contribution is 5.81. The molecule has 0 aromatic heterocycles. The molecule has 1 amide bonds. The summed E-state index contributed by atoms with van der Waals surface area (Å²) in [5, 5.41) is 2.66. The van der Waals surface area contributed by atoms with Gasteiger partial charge in [-0.15, -0.1) is 6.58 Å². The zero-order valence-corrected chi connectivity index (χ0v) is 4.85. The first-order chi connectivity index (χ1) is 3.72. The minimum Gasteiger partial charge on any atom is -0.368 e. The lowest BCUT2D eigenvalue weighted by Gasteiger charge is -2.03. The number of hydrogen-bond donors (Lipinski definition) is 2. The molecule has 3 heteroatoms. The molecule has 0 rings (SSSR count). The minimum atomic E-state index is -0.400. The Balaban J connectivity index is 3.69. The second-order valence-electron chi connectivity index (χ2n) is 1.40. The minimum absolute atomic E-state index is 0.394. The Bertz CT molecular complexity index is 101. The summed E-state index contributed by atoms with van der Waals surface area (Å²) in [5.74, 6) is -0.400. The maximum atomic E-state index is 10.3. The molecule has 0 heterocycles. The Morgan fingerprint density at radius 2 is 2.50 bits per heavy atom. The number of likely N-dealkylation sites (N-methyl/N-ethyl adjacent to an activating group) is 1. The molecule has 0 aromatic rings. The molecule has 0 aliphatic carbocycles. The van der Waals surface area contributed by atoms with Crippen molar-refractivity contribution in [1.82, 2.24) is 5.32 Å². The van der Waals surface area contributed by atoms with Gasteiger partial charge in [0.2, 0.25) is 5.91 Å². The van der Waals surface area contributed by atoms with Crippen LogP contribution in [0.5, 0.6) is 0 Å². The van der Waals surface area contributed by atoms with Crippen molar-refractivity contribution < 1.29 is 4.79 Å². The van der Waals surface area contributed by atoms with Crippen molar-refractivity contribution in [3.63, 3.8) is 0 Å². The van der Waals surface area contributed by atoms with Crippen molar-refractivity contribution in [3.8, 4) is 0 Å². The lowest BCUT2D eigenvalue weighted by molar-refractivity contribution is -0.118. The average Bonchev–Trinajstić information content (AvgIpc) is 1.69. The predicted octanol–water partition coefficient (Wildman–Crippen LogP) is -0.754. The molecule has 0 radical (unpaired) electrons. The fraction of sp³-hybridized carbons (Fsp3) is 0.400. The molecule has 0 saturated heterocycles. The van der Waals surface area contributed by atoms with Crippen molar-refractivity contribution >= 4 is 5.91 Å². The van der Waals surface area contributed by atoms with Gasteiger partial charge in [0, 0.05) is 0 Å². The molecule has 0 fully saturated rings. The van der Waals surface area contributed by atoms with Gasteiger partial charge in [-0.05, 0) is 7.05 Å². The van der Waals surface area contributed by atoms with Gasteiger partial charge in [0.15, 0.2) is 0 Å². The molecule has 3 N–H and O–H groups in total. The largest absolute Gasteiger partial charge is 0.368 e. The van der Waals surface area contributed by atoms with E-state index in [2.05, 4.69) is 11.9 Å². The summed E-state index contributed by atoms with van der Waals surface area (Å²) >= 11 is 0. The standard InChI is InChI=1S/C5H10N2O/c1-3-4(7-2)5(6)8/h3-4,7H,1H2,2H3,(H2,6,8)/t4-/m1/s1. The van der Waals surface area contributed by atoms with Gasteiger partial charge < -0.3 is 11.1 Å². The molecule has 1 atom stereocenters. The SMILES string of the molecule is C=C[C@@H](NC)C(N)=O. The third kappa shape index (κ3) is 1.75. The van der Waals surface area contributed by atoms with E-state index in [0.29, 0.717) is 0 Å². The van der Waals surface area contributed by atoms with E-state index in [1.54, 1.807) is 7.05 Å². The van der Waals surface area contributed by atoms with Crippen molar-refractivity contribution in [3.05, 3.63) is 12.7 Å². The van der Waals surface area contributed by atoms with E-state index >= 15 is 0 Å². The van der Waals surface area contributed by atoms with Gasteiger partial charge in [0.1, 0.15) is 6.04 Å². The monoisotopic (exact) mass is 114 g/mol. The van der Waals surface area contributed by atoms with Crippen LogP contribution in [0, 0.1) is 0 Å². The molecular weight excluding hydrogens is 104 g/mol. The molecule has 0 aliphatic heterocycles. The van der Waals surface area contributed by atoms with E-state index < -0.39 is 11.9 Å². The van der Waals surface area contributed by atoms with Crippen LogP contribution in [0.3, 0.4) is 0 Å². The highest BCUT2D eigenvalue weighted by Gasteiger charge is 2.04. The highest BCUT2D eigenvalue weighted by atomic mass is 16.1. The van der Waals surface area contributed by atoms with E-state index in [9.17, 15) is 4.79 Å². The van der Waals surface area contributed by atoms with E-state index in [4.69, 9.17) is 5.73 Å². The number of amides is 1. The zero-order chi connectivity index (χ0) is 6.57. The van der Waals surface area contributed by atoms with Crippen LogP contribution in [0.2, 0.25) is 0 Å². The lowest BCUT2D eigenvalue weighted by Crippen LogP contribution is -2.37. The second-order valence-corrected chi connectivity index (χ2v) is 1.40. The quantitative estimate of drug-likeness (QED) is 0.474. The van der Waals surface area contributed by atoms with Gasteiger partial charge in [0.25, 0.3) is 0 Å². The van der Waals surface area contributed by atoms with Gasteiger partial charge in [-0.25, -0.2) is 0 Å². The molecule has 0 aliphatic rings. The molecular formula is C5H10N2O. The van der Waals surface area contributed by atoms with Crippen LogP contribution in [0.25, 0.3) is 0 Å². The third-order valence-electron chi connectivity index (χ3n) is 0.853. The van der Waals surface area contributed by atoms with Crippen molar-refractivity contribution in [1.29, 1.82) is 0 Å². The van der Waals surface area contributed by atoms with Crippen LogP contribution >= 0.6 is 0 Å². The topological polar surface area (TPSA) is 55.1 Å². The summed E-state index contributed by atoms with van der Waals surface area (Å²) in [7, 11) is 1.65. The van der Waals surface area contributed by atoms with Crippen molar-refractivity contribution in [2.45, 2.75) is 6.04 Å². The smallest absolute Gasteiger partial charge is 0.238 e. The Hall–Kier alpha value is -0.830. The summed E-state index contributed by atoms with van der Waals surface area (Å²) < 4.78 is 0. The zero-order valence-electron chi connectivity index (χ0n) is 4.85. The summed E-state index contributed by atoms with van der Waals surface area (Å²) in [5.41, 5.74) is 4.89. The Kier molecular flexibility index (Phi) is 2.88. The normalized spacial score (nSPS) is 12.6. The van der Waals surface area contributed by atoms with E-state index in [1.807, 2.05) is 0 Å². The number of primary amides is 1. The van der Waals surface area contributed by atoms with E-state index in [1.165, 1.54) is 6.08 Å². The summed E-state index contributed by atoms with van der Waals surface area (Å²) in [6.45, 7) is 3.39. The van der Waals surface area contributed by atoms with Crippen molar-refractivity contribution in [2.24, 2.45) is 5.73 Å². The van der Waals surface area contributed by atoms with Crippen LogP contribution in [0.4, 0.5) is 0 Å². The number of carbonyl (C=O) groups excluding carboxylic acids is 1. The number of rotatable bonds is 3. The second kappa shape index (κ2) is 3.21. The predicted molar refractivity (Wildman–Crippen MR) is 32.2 cm³/mol. The summed E-state index contributed by atoms with van der Waals surface area (Å²) in [4.78, 5) is 10.3. The fourth-order valence-corrected chi connectivity index (χ4v) is 0.376.